The third-order valence-corrected chi connectivity index (χ3v) is 2.29. The molecule has 1 heterocycles. The summed E-state index contributed by atoms with van der Waals surface area (Å²) in [6, 6.07) is 8.30. The van der Waals surface area contributed by atoms with Crippen LogP contribution >= 0.6 is 0 Å². The van der Waals surface area contributed by atoms with Crippen molar-refractivity contribution in [3.8, 4) is 5.75 Å². The van der Waals surface area contributed by atoms with Gasteiger partial charge in [0.05, 0.1) is 6.61 Å². The van der Waals surface area contributed by atoms with Crippen LogP contribution in [0.3, 0.4) is 0 Å². The van der Waals surface area contributed by atoms with E-state index < -0.39 is 5.97 Å². The molecular formula is C12H11NO5. The van der Waals surface area contributed by atoms with Gasteiger partial charge < -0.3 is 19.5 Å². The molecule has 18 heavy (non-hydrogen) atoms. The number of benzene rings is 1. The van der Waals surface area contributed by atoms with Crippen molar-refractivity contribution in [2.75, 3.05) is 0 Å². The van der Waals surface area contributed by atoms with Crippen LogP contribution in [0.2, 0.25) is 0 Å². The second-order valence-corrected chi connectivity index (χ2v) is 3.54. The first-order valence-corrected chi connectivity index (χ1v) is 5.21. The maximum atomic E-state index is 10.6. The molecule has 0 saturated heterocycles. The predicted octanol–water partition coefficient (Wildman–Crippen LogP) is 1.44. The fraction of sp³-hybridized carbons (Fsp3) is 0.167. The number of hydrogen-bond acceptors (Lipinski definition) is 5. The lowest BCUT2D eigenvalue weighted by Gasteiger charge is -2.07. The number of para-hydroxylation sites is 1. The number of aliphatic hydroxyl groups is 1. The van der Waals surface area contributed by atoms with E-state index in [2.05, 4.69) is 5.16 Å². The van der Waals surface area contributed by atoms with Crippen molar-refractivity contribution in [1.82, 2.24) is 5.16 Å². The lowest BCUT2D eigenvalue weighted by Crippen LogP contribution is -1.98. The minimum Gasteiger partial charge on any atom is -0.485 e. The molecule has 0 fully saturated rings. The Morgan fingerprint density at radius 1 is 1.39 bits per heavy atom. The van der Waals surface area contributed by atoms with Crippen LogP contribution in [0, 0.1) is 0 Å². The fourth-order valence-electron chi connectivity index (χ4n) is 1.41. The normalized spacial score (nSPS) is 10.3. The third-order valence-electron chi connectivity index (χ3n) is 2.29. The van der Waals surface area contributed by atoms with E-state index in [4.69, 9.17) is 19.5 Å². The van der Waals surface area contributed by atoms with E-state index in [1.165, 1.54) is 6.07 Å². The van der Waals surface area contributed by atoms with E-state index >= 15 is 0 Å². The number of carboxylic acids is 1. The van der Waals surface area contributed by atoms with Crippen molar-refractivity contribution in [2.24, 2.45) is 0 Å². The van der Waals surface area contributed by atoms with Crippen molar-refractivity contribution < 1.29 is 24.3 Å². The van der Waals surface area contributed by atoms with E-state index in [1.54, 1.807) is 24.3 Å². The zero-order valence-electron chi connectivity index (χ0n) is 9.37. The van der Waals surface area contributed by atoms with Crippen LogP contribution in [-0.4, -0.2) is 21.3 Å². The Labute approximate surface area is 102 Å². The van der Waals surface area contributed by atoms with Gasteiger partial charge in [-0.2, -0.15) is 0 Å². The number of aromatic nitrogens is 1. The number of aromatic carboxylic acids is 1. The van der Waals surface area contributed by atoms with Crippen LogP contribution in [0.1, 0.15) is 21.8 Å². The zero-order chi connectivity index (χ0) is 13.0. The molecule has 0 amide bonds. The summed E-state index contributed by atoms with van der Waals surface area (Å²) in [5, 5.41) is 21.1. The molecule has 0 atom stereocenters. The van der Waals surface area contributed by atoms with Gasteiger partial charge in [0.15, 0.2) is 11.5 Å². The lowest BCUT2D eigenvalue weighted by atomic mass is 10.2. The van der Waals surface area contributed by atoms with Crippen molar-refractivity contribution in [3.05, 3.63) is 47.3 Å². The fourth-order valence-corrected chi connectivity index (χ4v) is 1.41. The van der Waals surface area contributed by atoms with Crippen molar-refractivity contribution >= 4 is 5.97 Å². The summed E-state index contributed by atoms with van der Waals surface area (Å²) < 4.78 is 10.2. The molecule has 94 valence electrons. The van der Waals surface area contributed by atoms with Gasteiger partial charge in [-0.3, -0.25) is 0 Å². The van der Waals surface area contributed by atoms with Gasteiger partial charge in [-0.15, -0.1) is 0 Å². The van der Waals surface area contributed by atoms with E-state index in [9.17, 15) is 4.79 Å². The van der Waals surface area contributed by atoms with E-state index in [0.29, 0.717) is 17.1 Å². The Bertz CT molecular complexity index is 549. The minimum absolute atomic E-state index is 0.0529. The molecule has 2 N–H and O–H groups in total. The second kappa shape index (κ2) is 5.33. The molecular weight excluding hydrogens is 238 g/mol. The molecule has 0 unspecified atom stereocenters. The minimum atomic E-state index is -1.15. The first-order valence-electron chi connectivity index (χ1n) is 5.21. The summed E-state index contributed by atoms with van der Waals surface area (Å²) in [4.78, 5) is 10.6. The molecule has 0 aliphatic rings. The highest BCUT2D eigenvalue weighted by Crippen LogP contribution is 2.19. The van der Waals surface area contributed by atoms with E-state index in [1.807, 2.05) is 0 Å². The topological polar surface area (TPSA) is 92.8 Å². The number of ether oxygens (including phenoxy) is 1. The first kappa shape index (κ1) is 12.1. The maximum Gasteiger partial charge on any atom is 0.358 e. The number of aliphatic hydroxyl groups excluding tert-OH is 1. The summed E-state index contributed by atoms with van der Waals surface area (Å²) >= 11 is 0. The van der Waals surface area contributed by atoms with Gasteiger partial charge in [0, 0.05) is 11.6 Å². The number of carbonyl (C=O) groups is 1. The third kappa shape index (κ3) is 2.67. The molecule has 0 saturated carbocycles. The quantitative estimate of drug-likeness (QED) is 0.832. The molecule has 2 rings (SSSR count). The largest absolute Gasteiger partial charge is 0.485 e. The Morgan fingerprint density at radius 2 is 2.17 bits per heavy atom. The number of nitrogens with zero attached hydrogens (tertiary/aromatic N) is 1. The maximum absolute atomic E-state index is 10.6. The Kier molecular flexibility index (Phi) is 3.59. The first-order chi connectivity index (χ1) is 8.70. The summed E-state index contributed by atoms with van der Waals surface area (Å²) in [7, 11) is 0. The Morgan fingerprint density at radius 3 is 2.83 bits per heavy atom. The molecule has 0 aliphatic heterocycles. The van der Waals surface area contributed by atoms with Crippen molar-refractivity contribution in [3.63, 3.8) is 0 Å². The summed E-state index contributed by atoms with van der Waals surface area (Å²) in [5.74, 6) is -0.325. The van der Waals surface area contributed by atoms with Gasteiger partial charge in [-0.25, -0.2) is 4.79 Å². The highest BCUT2D eigenvalue weighted by atomic mass is 16.5. The van der Waals surface area contributed by atoms with Gasteiger partial charge >= 0.3 is 5.97 Å². The van der Waals surface area contributed by atoms with Gasteiger partial charge in [0.1, 0.15) is 12.4 Å². The summed E-state index contributed by atoms with van der Waals surface area (Å²) in [5.41, 5.74) is 0.486. The smallest absolute Gasteiger partial charge is 0.358 e. The lowest BCUT2D eigenvalue weighted by molar-refractivity contribution is 0.0685. The molecule has 0 aliphatic carbocycles. The molecule has 1 aromatic heterocycles. The van der Waals surface area contributed by atoms with Gasteiger partial charge in [-0.05, 0) is 6.07 Å². The predicted molar refractivity (Wildman–Crippen MR) is 60.2 cm³/mol. The van der Waals surface area contributed by atoms with Crippen LogP contribution in [0.25, 0.3) is 0 Å². The molecule has 2 aromatic rings. The molecule has 0 bridgehead atoms. The van der Waals surface area contributed by atoms with Crippen LogP contribution < -0.4 is 4.74 Å². The summed E-state index contributed by atoms with van der Waals surface area (Å²) in [6.45, 7) is -0.0791. The average Bonchev–Trinajstić information content (AvgIpc) is 2.85. The number of hydrogen-bond donors (Lipinski definition) is 2. The molecule has 6 nitrogen and oxygen atoms in total. The van der Waals surface area contributed by atoms with Crippen molar-refractivity contribution in [2.45, 2.75) is 13.2 Å². The van der Waals surface area contributed by atoms with Crippen LogP contribution in [0.4, 0.5) is 0 Å². The van der Waals surface area contributed by atoms with Crippen LogP contribution in [0.15, 0.2) is 34.9 Å². The summed E-state index contributed by atoms with van der Waals surface area (Å²) in [6.07, 6.45) is 0. The second-order valence-electron chi connectivity index (χ2n) is 3.54. The number of rotatable bonds is 5. The highest BCUT2D eigenvalue weighted by Gasteiger charge is 2.11. The average molecular weight is 249 g/mol. The van der Waals surface area contributed by atoms with Gasteiger partial charge in [0.25, 0.3) is 0 Å². The van der Waals surface area contributed by atoms with E-state index in [-0.39, 0.29) is 18.9 Å². The van der Waals surface area contributed by atoms with E-state index in [0.717, 1.165) is 0 Å². The van der Waals surface area contributed by atoms with Gasteiger partial charge in [-0.1, -0.05) is 23.4 Å². The Balaban J connectivity index is 2.04. The van der Waals surface area contributed by atoms with Gasteiger partial charge in [0.2, 0.25) is 0 Å². The van der Waals surface area contributed by atoms with Crippen molar-refractivity contribution in [1.29, 1.82) is 0 Å². The number of carboxylic acid groups (broad SMARTS) is 1. The standard InChI is InChI=1S/C12H11NO5/c14-6-8-3-1-2-4-11(8)17-7-9-5-10(12(15)16)13-18-9/h1-5,14H,6-7H2,(H,15,16). The molecule has 0 radical (unpaired) electrons. The SMILES string of the molecule is O=C(O)c1cc(COc2ccccc2CO)on1. The monoisotopic (exact) mass is 249 g/mol. The highest BCUT2D eigenvalue weighted by molar-refractivity contribution is 5.85. The molecule has 1 aromatic carbocycles. The molecule has 6 heteroatoms. The zero-order valence-corrected chi connectivity index (χ0v) is 9.37. The Hall–Kier alpha value is -2.34. The van der Waals surface area contributed by atoms with Crippen LogP contribution in [0.5, 0.6) is 5.75 Å². The molecule has 0 spiro atoms. The van der Waals surface area contributed by atoms with Crippen LogP contribution in [-0.2, 0) is 13.2 Å².